The van der Waals surface area contributed by atoms with E-state index in [1.54, 1.807) is 34.7 Å². The summed E-state index contributed by atoms with van der Waals surface area (Å²) in [6.07, 6.45) is 4.60. The Kier molecular flexibility index (Phi) is 7.54. The van der Waals surface area contributed by atoms with E-state index >= 15 is 0 Å². The average molecular weight is 507 g/mol. The van der Waals surface area contributed by atoms with Gasteiger partial charge in [0.2, 0.25) is 0 Å². The molecule has 34 heavy (non-hydrogen) atoms. The summed E-state index contributed by atoms with van der Waals surface area (Å²) in [7, 11) is -1.87. The molecular weight excluding hydrogens is 476 g/mol. The van der Waals surface area contributed by atoms with Crippen molar-refractivity contribution in [2.75, 3.05) is 31.3 Å². The Labute approximate surface area is 206 Å². The summed E-state index contributed by atoms with van der Waals surface area (Å²) in [4.78, 5) is 21.9. The number of carbonyl (C=O) groups excluding carboxylic acids is 1. The number of hydrogen-bond acceptors (Lipinski definition) is 7. The molecule has 1 saturated heterocycles. The van der Waals surface area contributed by atoms with Crippen LogP contribution in [-0.2, 0) is 9.84 Å². The molecule has 0 spiro atoms. The number of halogens is 1. The van der Waals surface area contributed by atoms with E-state index in [1.165, 1.54) is 6.07 Å². The van der Waals surface area contributed by atoms with Gasteiger partial charge in [-0.3, -0.25) is 4.79 Å². The fraction of sp³-hybridized carbons (Fsp3) is 0.435. The number of benzene rings is 1. The molecule has 1 fully saturated rings. The first-order valence-electron chi connectivity index (χ1n) is 11.0. The molecule has 2 aromatic heterocycles. The lowest BCUT2D eigenvalue weighted by Gasteiger charge is -2.26. The molecule has 1 amide bonds. The highest BCUT2D eigenvalue weighted by Crippen LogP contribution is 2.28. The lowest BCUT2D eigenvalue weighted by molar-refractivity contribution is 0.0718. The molecule has 1 aromatic carbocycles. The van der Waals surface area contributed by atoms with Gasteiger partial charge in [-0.2, -0.15) is 5.10 Å². The molecular formula is C23H31ClN6O3S. The minimum absolute atomic E-state index is 0. The Morgan fingerprint density at radius 2 is 2.03 bits per heavy atom. The van der Waals surface area contributed by atoms with Crippen molar-refractivity contribution in [3.8, 4) is 0 Å². The Bertz CT molecular complexity index is 1310. The molecule has 0 unspecified atom stereocenters. The number of sulfone groups is 1. The summed E-state index contributed by atoms with van der Waals surface area (Å²) in [6, 6.07) is 7.99. The summed E-state index contributed by atoms with van der Waals surface area (Å²) in [5, 5.41) is 4.69. The molecule has 4 rings (SSSR count). The van der Waals surface area contributed by atoms with Crippen LogP contribution in [0.1, 0.15) is 47.4 Å². The molecule has 2 N–H and O–H groups in total. The first-order valence-corrected chi connectivity index (χ1v) is 12.9. The predicted molar refractivity (Wildman–Crippen MR) is 134 cm³/mol. The van der Waals surface area contributed by atoms with Crippen molar-refractivity contribution in [3.05, 3.63) is 53.3 Å². The van der Waals surface area contributed by atoms with Gasteiger partial charge >= 0.3 is 0 Å². The zero-order valence-electron chi connectivity index (χ0n) is 19.8. The third-order valence-electron chi connectivity index (χ3n) is 6.18. The molecule has 3 heterocycles. The van der Waals surface area contributed by atoms with Crippen molar-refractivity contribution in [1.29, 1.82) is 0 Å². The quantitative estimate of drug-likeness (QED) is 0.546. The monoisotopic (exact) mass is 506 g/mol. The van der Waals surface area contributed by atoms with Crippen molar-refractivity contribution in [3.63, 3.8) is 0 Å². The molecule has 0 aliphatic carbocycles. The van der Waals surface area contributed by atoms with Crippen LogP contribution in [-0.4, -0.2) is 66.3 Å². The first-order chi connectivity index (χ1) is 15.6. The molecule has 0 radical (unpaired) electrons. The zero-order valence-corrected chi connectivity index (χ0v) is 21.4. The molecule has 2 atom stereocenters. The predicted octanol–water partition coefficient (Wildman–Crippen LogP) is 2.62. The Hall–Kier alpha value is -2.69. The molecule has 1 aliphatic rings. The Morgan fingerprint density at radius 3 is 2.65 bits per heavy atom. The van der Waals surface area contributed by atoms with Gasteiger partial charge < -0.3 is 15.5 Å². The second-order valence-corrected chi connectivity index (χ2v) is 10.7. The van der Waals surface area contributed by atoms with Crippen LogP contribution in [0, 0.1) is 6.92 Å². The van der Waals surface area contributed by atoms with Crippen LogP contribution in [0.3, 0.4) is 0 Å². The van der Waals surface area contributed by atoms with Gasteiger partial charge in [0.25, 0.3) is 5.91 Å². The smallest absolute Gasteiger partial charge is 0.255 e. The number of aromatic nitrogens is 3. The van der Waals surface area contributed by atoms with Crippen LogP contribution >= 0.6 is 12.4 Å². The number of nitrogens with zero attached hydrogens (tertiary/aromatic N) is 5. The van der Waals surface area contributed by atoms with Crippen molar-refractivity contribution in [2.24, 2.45) is 5.73 Å². The summed E-state index contributed by atoms with van der Waals surface area (Å²) in [5.41, 5.74) is 8.63. The van der Waals surface area contributed by atoms with Crippen molar-refractivity contribution >= 4 is 39.6 Å². The molecule has 184 valence electrons. The lowest BCUT2D eigenvalue weighted by atomic mass is 10.1. The molecule has 3 aromatic rings. The summed E-state index contributed by atoms with van der Waals surface area (Å²) < 4.78 is 26.1. The Morgan fingerprint density at radius 1 is 1.32 bits per heavy atom. The van der Waals surface area contributed by atoms with Crippen LogP contribution < -0.4 is 10.6 Å². The molecule has 9 nitrogen and oxygen atoms in total. The van der Waals surface area contributed by atoms with E-state index in [1.807, 2.05) is 26.1 Å². The van der Waals surface area contributed by atoms with Gasteiger partial charge in [0.05, 0.1) is 22.2 Å². The van der Waals surface area contributed by atoms with Crippen molar-refractivity contribution < 1.29 is 13.2 Å². The topological polar surface area (TPSA) is 114 Å². The van der Waals surface area contributed by atoms with Gasteiger partial charge in [0.15, 0.2) is 15.5 Å². The number of rotatable bonds is 6. The summed E-state index contributed by atoms with van der Waals surface area (Å²) in [6.45, 7) is 5.62. The van der Waals surface area contributed by atoms with Gasteiger partial charge in [-0.15, -0.1) is 12.4 Å². The highest BCUT2D eigenvalue weighted by Gasteiger charge is 2.28. The largest absolute Gasteiger partial charge is 0.355 e. The summed E-state index contributed by atoms with van der Waals surface area (Å²) >= 11 is 0. The minimum atomic E-state index is -3.54. The van der Waals surface area contributed by atoms with E-state index in [0.717, 1.165) is 37.1 Å². The van der Waals surface area contributed by atoms with Gasteiger partial charge in [-0.25, -0.2) is 17.9 Å². The van der Waals surface area contributed by atoms with E-state index in [9.17, 15) is 13.2 Å². The molecule has 1 aliphatic heterocycles. The van der Waals surface area contributed by atoms with Crippen LogP contribution in [0.25, 0.3) is 5.65 Å². The van der Waals surface area contributed by atoms with Crippen molar-refractivity contribution in [2.45, 2.75) is 43.7 Å². The molecule has 0 saturated carbocycles. The van der Waals surface area contributed by atoms with Crippen LogP contribution in [0.4, 0.5) is 5.82 Å². The second-order valence-electron chi connectivity index (χ2n) is 8.72. The standard InChI is InChI=1S/C23H30N6O3S.ClH/c1-5-19(27(3)23(30)17-8-6-7-9-20(17)33(4,31)32)18-12-21-25-22(15(2)13-29(21)26-18)28-11-10-16(24)14-28;/h6-9,12-13,16,19H,5,10-11,14,24H2,1-4H3;1H/t16-,19-;/m0./s1. The van der Waals surface area contributed by atoms with Crippen LogP contribution in [0.5, 0.6) is 0 Å². The zero-order chi connectivity index (χ0) is 23.9. The van der Waals surface area contributed by atoms with Gasteiger partial charge in [0.1, 0.15) is 5.82 Å². The number of nitrogens with two attached hydrogens (primary N) is 1. The number of aryl methyl sites for hydroxylation is 1. The second kappa shape index (κ2) is 9.89. The minimum Gasteiger partial charge on any atom is -0.355 e. The SMILES string of the molecule is CC[C@@H](c1cc2nc(N3CC[C@H](N)C3)c(C)cn2n1)N(C)C(=O)c1ccccc1S(C)(=O)=O.Cl. The molecule has 0 bridgehead atoms. The normalized spacial score (nSPS) is 17.0. The molecule has 11 heteroatoms. The maximum Gasteiger partial charge on any atom is 0.255 e. The van der Waals surface area contributed by atoms with Crippen molar-refractivity contribution in [1.82, 2.24) is 19.5 Å². The van der Waals surface area contributed by atoms with Gasteiger partial charge in [0, 0.05) is 50.3 Å². The van der Waals surface area contributed by atoms with Gasteiger partial charge in [-0.1, -0.05) is 19.1 Å². The number of fused-ring (bicyclic) bond motifs is 1. The van der Waals surface area contributed by atoms with E-state index in [4.69, 9.17) is 15.8 Å². The highest BCUT2D eigenvalue weighted by molar-refractivity contribution is 7.90. The highest BCUT2D eigenvalue weighted by atomic mass is 35.5. The number of anilines is 1. The number of carbonyl (C=O) groups is 1. The lowest BCUT2D eigenvalue weighted by Crippen LogP contribution is -2.32. The van der Waals surface area contributed by atoms with Gasteiger partial charge in [-0.05, 0) is 31.9 Å². The third kappa shape index (κ3) is 4.89. The van der Waals surface area contributed by atoms with E-state index < -0.39 is 9.84 Å². The average Bonchev–Trinajstić information content (AvgIpc) is 3.38. The first kappa shape index (κ1) is 25.9. The maximum atomic E-state index is 13.3. The number of hydrogen-bond donors (Lipinski definition) is 1. The van der Waals surface area contributed by atoms with Crippen LogP contribution in [0.15, 0.2) is 41.4 Å². The Balaban J connectivity index is 0.00000324. The third-order valence-corrected chi connectivity index (χ3v) is 7.34. The number of amides is 1. The fourth-order valence-electron chi connectivity index (χ4n) is 4.46. The van der Waals surface area contributed by atoms with Crippen LogP contribution in [0.2, 0.25) is 0 Å². The fourth-order valence-corrected chi connectivity index (χ4v) is 5.34. The van der Waals surface area contributed by atoms with E-state index in [0.29, 0.717) is 17.8 Å². The summed E-state index contributed by atoms with van der Waals surface area (Å²) in [5.74, 6) is 0.539. The van der Waals surface area contributed by atoms with E-state index in [2.05, 4.69) is 4.90 Å². The maximum absolute atomic E-state index is 13.3. The van der Waals surface area contributed by atoms with E-state index in [-0.39, 0.29) is 40.9 Å².